The van der Waals surface area contributed by atoms with Crippen LogP contribution in [-0.4, -0.2) is 135 Å². The number of aliphatic hydroxyl groups is 3. The summed E-state index contributed by atoms with van der Waals surface area (Å²) in [4.78, 5) is 31.6. The van der Waals surface area contributed by atoms with E-state index in [1.54, 1.807) is 64.1 Å². The smallest absolute Gasteiger partial charge is 0.308 e. The predicted octanol–water partition coefficient (Wildman–Crippen LogP) is 4.41. The molecular formula is C43H68N2O11S. The number of likely N-dealkylation sites (N-methyl/N-ethyl adjacent to an activating group) is 1. The Morgan fingerprint density at radius 3 is 2.25 bits per heavy atom. The first-order valence-electron chi connectivity index (χ1n) is 20.7. The summed E-state index contributed by atoms with van der Waals surface area (Å²) in [7, 11) is -0.614. The summed E-state index contributed by atoms with van der Waals surface area (Å²) >= 11 is 0. The highest BCUT2D eigenvalue weighted by atomic mass is 32.2. The van der Waals surface area contributed by atoms with Gasteiger partial charge >= 0.3 is 5.97 Å². The first kappa shape index (κ1) is 47.2. The van der Waals surface area contributed by atoms with Crippen molar-refractivity contribution in [3.63, 3.8) is 0 Å². The quantitative estimate of drug-likeness (QED) is 0.212. The van der Waals surface area contributed by atoms with Gasteiger partial charge < -0.3 is 39.3 Å². The highest BCUT2D eigenvalue weighted by Gasteiger charge is 2.47. The van der Waals surface area contributed by atoms with Gasteiger partial charge in [0.1, 0.15) is 12.2 Å². The molecule has 0 spiro atoms. The summed E-state index contributed by atoms with van der Waals surface area (Å²) in [5.74, 6) is -2.93. The maximum atomic E-state index is 13.8. The Balaban J connectivity index is 1.68. The van der Waals surface area contributed by atoms with E-state index >= 15 is 0 Å². The third-order valence-electron chi connectivity index (χ3n) is 11.9. The number of aryl methyl sites for hydroxylation is 1. The van der Waals surface area contributed by atoms with Crippen LogP contribution in [0.15, 0.2) is 53.0 Å². The first-order valence-corrected chi connectivity index (χ1v) is 22.1. The van der Waals surface area contributed by atoms with Crippen LogP contribution in [0.5, 0.6) is 0 Å². The second-order valence-electron chi connectivity index (χ2n) is 16.8. The molecule has 3 N–H and O–H groups in total. The Labute approximate surface area is 340 Å². The minimum absolute atomic E-state index is 0.00339. The molecule has 322 valence electrons. The van der Waals surface area contributed by atoms with E-state index in [-0.39, 0.29) is 29.6 Å². The molecular weight excluding hydrogens is 753 g/mol. The molecule has 3 aliphatic rings. The highest BCUT2D eigenvalue weighted by molar-refractivity contribution is 7.86. The third kappa shape index (κ3) is 13.2. The number of allylic oxidation sites excluding steroid dienone is 3. The number of rotatable bonds is 11. The van der Waals surface area contributed by atoms with Gasteiger partial charge in [0.2, 0.25) is 0 Å². The number of hydrogen-bond donors (Lipinski definition) is 3. The summed E-state index contributed by atoms with van der Waals surface area (Å²) in [6, 6.07) is 5.62. The van der Waals surface area contributed by atoms with Crippen molar-refractivity contribution in [1.82, 2.24) is 9.80 Å². The van der Waals surface area contributed by atoms with Gasteiger partial charge in [-0.25, -0.2) is 0 Å². The lowest BCUT2D eigenvalue weighted by Gasteiger charge is -2.47. The number of aliphatic hydroxyl groups excluding tert-OH is 3. The Hall–Kier alpha value is -2.53. The van der Waals surface area contributed by atoms with Gasteiger partial charge in [-0.1, -0.05) is 62.6 Å². The molecule has 3 aliphatic heterocycles. The molecule has 12 unspecified atom stereocenters. The number of ketones is 1. The predicted molar refractivity (Wildman–Crippen MR) is 217 cm³/mol. The molecule has 57 heavy (non-hydrogen) atoms. The van der Waals surface area contributed by atoms with Crippen molar-refractivity contribution in [2.75, 3.05) is 40.3 Å². The molecule has 0 saturated carbocycles. The maximum absolute atomic E-state index is 13.8. The van der Waals surface area contributed by atoms with Crippen LogP contribution in [0.25, 0.3) is 0 Å². The van der Waals surface area contributed by atoms with Crippen molar-refractivity contribution >= 4 is 21.9 Å². The minimum atomic E-state index is -4.14. The number of carbonyl (C=O) groups is 2. The summed E-state index contributed by atoms with van der Waals surface area (Å²) in [6.07, 6.45) is 2.44. The lowest BCUT2D eigenvalue weighted by molar-refractivity contribution is -0.304. The molecule has 0 aliphatic carbocycles. The molecule has 0 radical (unpaired) electrons. The Morgan fingerprint density at radius 1 is 0.947 bits per heavy atom. The lowest BCUT2D eigenvalue weighted by atomic mass is 9.79. The van der Waals surface area contributed by atoms with Crippen LogP contribution >= 0.6 is 0 Å². The van der Waals surface area contributed by atoms with E-state index in [0.717, 1.165) is 38.0 Å². The van der Waals surface area contributed by atoms with Crippen LogP contribution in [-0.2, 0) is 38.1 Å². The number of hydrogen-bond acceptors (Lipinski definition) is 13. The van der Waals surface area contributed by atoms with Gasteiger partial charge in [-0.15, -0.1) is 0 Å². The molecule has 14 heteroatoms. The number of ether oxygens (including phenoxy) is 3. The van der Waals surface area contributed by atoms with E-state index in [2.05, 4.69) is 4.90 Å². The van der Waals surface area contributed by atoms with E-state index in [1.165, 1.54) is 24.6 Å². The third-order valence-corrected chi connectivity index (χ3v) is 13.2. The van der Waals surface area contributed by atoms with Crippen molar-refractivity contribution in [2.45, 2.75) is 140 Å². The zero-order chi connectivity index (χ0) is 42.0. The van der Waals surface area contributed by atoms with E-state index in [9.17, 15) is 33.3 Å². The van der Waals surface area contributed by atoms with Crippen molar-refractivity contribution in [3.8, 4) is 0 Å². The van der Waals surface area contributed by atoms with Crippen molar-refractivity contribution in [3.05, 3.63) is 53.6 Å². The number of nitrogens with zero attached hydrogens (tertiary/aromatic N) is 2. The van der Waals surface area contributed by atoms with E-state index in [0.29, 0.717) is 24.8 Å². The molecule has 0 bridgehead atoms. The van der Waals surface area contributed by atoms with Gasteiger partial charge in [-0.3, -0.25) is 13.8 Å². The van der Waals surface area contributed by atoms with Gasteiger partial charge in [-0.05, 0) is 111 Å². The second kappa shape index (κ2) is 21.6. The lowest BCUT2D eigenvalue weighted by Crippen LogP contribution is -2.63. The Kier molecular flexibility index (Phi) is 17.9. The Bertz CT molecular complexity index is 1610. The number of piperidine rings is 1. The molecule has 3 heterocycles. The number of esters is 1. The molecule has 4 rings (SSSR count). The average molecular weight is 821 g/mol. The van der Waals surface area contributed by atoms with Crippen molar-refractivity contribution < 1.29 is 51.7 Å². The van der Waals surface area contributed by atoms with Gasteiger partial charge in [0, 0.05) is 17.8 Å². The fraction of sp³-hybridized carbons (Fsp3) is 0.721. The summed E-state index contributed by atoms with van der Waals surface area (Å²) in [5, 5.41) is 34.2. The Morgan fingerprint density at radius 2 is 1.61 bits per heavy atom. The molecule has 13 nitrogen and oxygen atoms in total. The van der Waals surface area contributed by atoms with Gasteiger partial charge in [0.15, 0.2) is 12.1 Å². The maximum Gasteiger partial charge on any atom is 0.308 e. The molecule has 1 aromatic carbocycles. The molecule has 1 aromatic rings. The van der Waals surface area contributed by atoms with Crippen LogP contribution in [0.2, 0.25) is 0 Å². The zero-order valence-corrected chi connectivity index (χ0v) is 36.0. The molecule has 0 aromatic heterocycles. The van der Waals surface area contributed by atoms with Crippen molar-refractivity contribution in [1.29, 1.82) is 0 Å². The molecule has 2 fully saturated rings. The largest absolute Gasteiger partial charge is 0.462 e. The fourth-order valence-corrected chi connectivity index (χ4v) is 9.26. The second-order valence-corrected chi connectivity index (χ2v) is 18.4. The fourth-order valence-electron chi connectivity index (χ4n) is 8.31. The van der Waals surface area contributed by atoms with Crippen LogP contribution in [0.1, 0.15) is 85.1 Å². The summed E-state index contributed by atoms with van der Waals surface area (Å²) in [5.41, 5.74) is 1.55. The van der Waals surface area contributed by atoms with E-state index < -0.39 is 82.8 Å². The average Bonchev–Trinajstić information content (AvgIpc) is 3.17. The normalized spacial score (nSPS) is 36.0. The van der Waals surface area contributed by atoms with Crippen LogP contribution in [0.4, 0.5) is 0 Å². The number of benzene rings is 1. The number of carbonyl (C=O) groups excluding carboxylic acids is 2. The van der Waals surface area contributed by atoms with Crippen molar-refractivity contribution in [2.24, 2.45) is 23.7 Å². The standard InChI is InChI=1S/C43H68N2O11S/c1-9-37-33(26-53-57(51,52)34-16-13-27(2)14-17-34)23-28(3)15-18-35(46)29(4)24-32(19-22-45-20-11-10-12-21-45)42(30(5)36(47)25-38(48)55-37)56-43-41(50)39(44(7)8)40(49)31(6)54-43/h13-18,23,29-33,36-37,39-43,47,49-50H,9-12,19-22,24-26H2,1-8H3/b18-15+,28-23+. The van der Waals surface area contributed by atoms with Crippen LogP contribution in [0.3, 0.4) is 0 Å². The summed E-state index contributed by atoms with van der Waals surface area (Å²) < 4.78 is 50.6. The monoisotopic (exact) mass is 820 g/mol. The van der Waals surface area contributed by atoms with Gasteiger partial charge in [-0.2, -0.15) is 8.42 Å². The summed E-state index contributed by atoms with van der Waals surface area (Å²) in [6.45, 7) is 13.2. The number of cyclic esters (lactones) is 1. The molecule has 0 amide bonds. The van der Waals surface area contributed by atoms with Crippen LogP contribution < -0.4 is 0 Å². The topological polar surface area (TPSA) is 172 Å². The first-order chi connectivity index (χ1) is 26.9. The highest BCUT2D eigenvalue weighted by Crippen LogP contribution is 2.35. The minimum Gasteiger partial charge on any atom is -0.462 e. The molecule has 12 atom stereocenters. The van der Waals surface area contributed by atoms with E-state index in [4.69, 9.17) is 18.4 Å². The van der Waals surface area contributed by atoms with E-state index in [1.807, 2.05) is 20.8 Å². The van der Waals surface area contributed by atoms with Gasteiger partial charge in [0.25, 0.3) is 10.1 Å². The van der Waals surface area contributed by atoms with Gasteiger partial charge in [0.05, 0.1) is 48.4 Å². The SMILES string of the molecule is CCC1OC(=O)CC(O)C(C)C(OC2OC(C)C(O)C(N(C)C)C2O)C(CCN2CCCCC2)CC(C)C(=O)/C=C/C(C)=C/C1COS(=O)(=O)c1ccc(C)cc1. The molecule has 2 saturated heterocycles. The van der Waals surface area contributed by atoms with Crippen LogP contribution in [0, 0.1) is 30.6 Å². The zero-order valence-electron chi connectivity index (χ0n) is 35.2. The number of likely N-dealkylation sites (tertiary alicyclic amines) is 1.